The van der Waals surface area contributed by atoms with Crippen LogP contribution in [0.4, 0.5) is 10.5 Å². The van der Waals surface area contributed by atoms with E-state index in [1.807, 2.05) is 6.07 Å². The van der Waals surface area contributed by atoms with Crippen LogP contribution in [0.3, 0.4) is 0 Å². The lowest BCUT2D eigenvalue weighted by Gasteiger charge is -2.23. The van der Waals surface area contributed by atoms with E-state index in [0.29, 0.717) is 23.0 Å². The molecule has 0 aliphatic heterocycles. The normalized spacial score (nSPS) is 13.4. The molecule has 0 aromatic heterocycles. The molecule has 0 radical (unpaired) electrons. The molecule has 5 nitrogen and oxygen atoms in total. The van der Waals surface area contributed by atoms with Crippen molar-refractivity contribution in [3.63, 3.8) is 0 Å². The van der Waals surface area contributed by atoms with Crippen molar-refractivity contribution in [3.8, 4) is 11.5 Å². The van der Waals surface area contributed by atoms with E-state index in [0.717, 1.165) is 22.9 Å². The Balaban J connectivity index is 1.75. The van der Waals surface area contributed by atoms with Crippen LogP contribution in [0.25, 0.3) is 0 Å². The quantitative estimate of drug-likeness (QED) is 0.707. The average molecular weight is 426 g/mol. The number of ether oxygens (including phenoxy) is 1. The van der Waals surface area contributed by atoms with Gasteiger partial charge in [0.2, 0.25) is 0 Å². The number of hydrogen-bond donors (Lipinski definition) is 2. The fraction of sp³-hybridized carbons (Fsp3) is 0.278. The zero-order chi connectivity index (χ0) is 18.0. The van der Waals surface area contributed by atoms with Crippen molar-refractivity contribution < 1.29 is 14.6 Å². The predicted molar refractivity (Wildman–Crippen MR) is 101 cm³/mol. The first kappa shape index (κ1) is 17.9. The van der Waals surface area contributed by atoms with Gasteiger partial charge in [0.25, 0.3) is 0 Å². The fourth-order valence-electron chi connectivity index (χ4n) is 2.55. The van der Waals surface area contributed by atoms with Crippen molar-refractivity contribution in [1.29, 1.82) is 0 Å². The van der Waals surface area contributed by atoms with Crippen LogP contribution in [-0.4, -0.2) is 29.2 Å². The Kier molecular flexibility index (Phi) is 5.39. The summed E-state index contributed by atoms with van der Waals surface area (Å²) >= 11 is 9.53. The Morgan fingerprint density at radius 3 is 2.76 bits per heavy atom. The van der Waals surface area contributed by atoms with Gasteiger partial charge in [-0.25, -0.2) is 4.79 Å². The molecule has 0 atom stereocenters. The molecule has 2 amide bonds. The third-order valence-corrected chi connectivity index (χ3v) is 4.82. The Morgan fingerprint density at radius 1 is 1.36 bits per heavy atom. The van der Waals surface area contributed by atoms with Crippen LogP contribution < -0.4 is 10.1 Å². The summed E-state index contributed by atoms with van der Waals surface area (Å²) < 4.78 is 5.99. The number of nitrogens with one attached hydrogen (secondary N) is 1. The minimum atomic E-state index is -0.196. The molecular weight excluding hydrogens is 408 g/mol. The highest BCUT2D eigenvalue weighted by Crippen LogP contribution is 2.32. The maximum atomic E-state index is 12.7. The number of carbonyl (C=O) groups excluding carboxylic acids is 1. The molecule has 0 saturated heterocycles. The first-order valence-electron chi connectivity index (χ1n) is 7.86. The van der Waals surface area contributed by atoms with Crippen molar-refractivity contribution in [1.82, 2.24) is 4.90 Å². The summed E-state index contributed by atoms with van der Waals surface area (Å²) in [5.74, 6) is 0.472. The molecule has 25 heavy (non-hydrogen) atoms. The highest BCUT2D eigenvalue weighted by Gasteiger charge is 2.33. The summed E-state index contributed by atoms with van der Waals surface area (Å²) in [5.41, 5.74) is 1.46. The Morgan fingerprint density at radius 2 is 2.12 bits per heavy atom. The smallest absolute Gasteiger partial charge is 0.322 e. The van der Waals surface area contributed by atoms with Crippen molar-refractivity contribution in [2.45, 2.75) is 25.4 Å². The zero-order valence-electron chi connectivity index (χ0n) is 13.6. The third kappa shape index (κ3) is 4.38. The van der Waals surface area contributed by atoms with Gasteiger partial charge < -0.3 is 20.1 Å². The van der Waals surface area contributed by atoms with Gasteiger partial charge in [0.05, 0.1) is 17.8 Å². The minimum absolute atomic E-state index is 0.0790. The predicted octanol–water partition coefficient (Wildman–Crippen LogP) is 5.01. The number of urea groups is 1. The molecule has 2 N–H and O–H groups in total. The standard InChI is InChI=1S/C18H18BrClN2O3/c1-25-17-8-11(2-7-16(17)23)10-22(13-4-5-13)18(24)21-15-6-3-12(19)9-14(15)20/h2-3,6-9,13,23H,4-5,10H2,1H3,(H,21,24). The maximum absolute atomic E-state index is 12.7. The average Bonchev–Trinajstić information content (AvgIpc) is 3.41. The van der Waals surface area contributed by atoms with Crippen LogP contribution >= 0.6 is 27.5 Å². The molecule has 2 aromatic carbocycles. The van der Waals surface area contributed by atoms with E-state index in [9.17, 15) is 9.90 Å². The maximum Gasteiger partial charge on any atom is 0.322 e. The van der Waals surface area contributed by atoms with E-state index in [1.165, 1.54) is 7.11 Å². The van der Waals surface area contributed by atoms with Gasteiger partial charge in [-0.05, 0) is 48.7 Å². The molecule has 1 aliphatic carbocycles. The summed E-state index contributed by atoms with van der Waals surface area (Å²) in [6.45, 7) is 0.432. The van der Waals surface area contributed by atoms with Crippen molar-refractivity contribution in [2.75, 3.05) is 12.4 Å². The molecule has 0 bridgehead atoms. The molecule has 0 unspecified atom stereocenters. The number of aromatic hydroxyl groups is 1. The number of amides is 2. The van der Waals surface area contributed by atoms with Gasteiger partial charge in [0.15, 0.2) is 11.5 Å². The lowest BCUT2D eigenvalue weighted by molar-refractivity contribution is 0.206. The lowest BCUT2D eigenvalue weighted by atomic mass is 10.2. The summed E-state index contributed by atoms with van der Waals surface area (Å²) in [4.78, 5) is 14.5. The minimum Gasteiger partial charge on any atom is -0.504 e. The molecule has 1 fully saturated rings. The highest BCUT2D eigenvalue weighted by atomic mass is 79.9. The van der Waals surface area contributed by atoms with Crippen LogP contribution in [0.15, 0.2) is 40.9 Å². The van der Waals surface area contributed by atoms with Gasteiger partial charge in [0.1, 0.15) is 0 Å². The van der Waals surface area contributed by atoms with E-state index in [2.05, 4.69) is 21.2 Å². The van der Waals surface area contributed by atoms with Gasteiger partial charge in [-0.15, -0.1) is 0 Å². The first-order chi connectivity index (χ1) is 12.0. The molecule has 1 saturated carbocycles. The van der Waals surface area contributed by atoms with Crippen LogP contribution in [0.1, 0.15) is 18.4 Å². The number of benzene rings is 2. The molecule has 2 aromatic rings. The third-order valence-electron chi connectivity index (χ3n) is 4.02. The molecule has 3 rings (SSSR count). The fourth-order valence-corrected chi connectivity index (χ4v) is 3.27. The Bertz CT molecular complexity index is 796. The number of rotatable bonds is 5. The molecular formula is C18H18BrClN2O3. The van der Waals surface area contributed by atoms with Crippen molar-refractivity contribution in [2.24, 2.45) is 0 Å². The van der Waals surface area contributed by atoms with E-state index in [4.69, 9.17) is 16.3 Å². The molecule has 0 spiro atoms. The van der Waals surface area contributed by atoms with E-state index in [1.54, 1.807) is 35.2 Å². The van der Waals surface area contributed by atoms with Gasteiger partial charge in [0, 0.05) is 17.1 Å². The first-order valence-corrected chi connectivity index (χ1v) is 9.03. The van der Waals surface area contributed by atoms with Crippen molar-refractivity contribution >= 4 is 39.2 Å². The van der Waals surface area contributed by atoms with Gasteiger partial charge in [-0.3, -0.25) is 0 Å². The monoisotopic (exact) mass is 424 g/mol. The number of anilines is 1. The zero-order valence-corrected chi connectivity index (χ0v) is 16.0. The Labute approximate surface area is 159 Å². The molecule has 1 aliphatic rings. The lowest BCUT2D eigenvalue weighted by Crippen LogP contribution is -2.36. The van der Waals surface area contributed by atoms with Crippen LogP contribution in [0.2, 0.25) is 5.02 Å². The van der Waals surface area contributed by atoms with E-state index >= 15 is 0 Å². The SMILES string of the molecule is COc1cc(CN(C(=O)Nc2ccc(Br)cc2Cl)C2CC2)ccc1O. The second kappa shape index (κ2) is 7.54. The second-order valence-corrected chi connectivity index (χ2v) is 7.24. The van der Waals surface area contributed by atoms with Gasteiger partial charge in [-0.1, -0.05) is 33.6 Å². The molecule has 0 heterocycles. The van der Waals surface area contributed by atoms with Crippen LogP contribution in [0, 0.1) is 0 Å². The van der Waals surface area contributed by atoms with Crippen molar-refractivity contribution in [3.05, 3.63) is 51.5 Å². The number of hydrogen-bond acceptors (Lipinski definition) is 3. The number of phenols is 1. The number of halogens is 2. The Hall–Kier alpha value is -1.92. The van der Waals surface area contributed by atoms with Crippen LogP contribution in [-0.2, 0) is 6.54 Å². The molecule has 7 heteroatoms. The summed E-state index contributed by atoms with van der Waals surface area (Å²) in [7, 11) is 1.50. The highest BCUT2D eigenvalue weighted by molar-refractivity contribution is 9.10. The number of nitrogens with zero attached hydrogens (tertiary/aromatic N) is 1. The van der Waals surface area contributed by atoms with Gasteiger partial charge in [-0.2, -0.15) is 0 Å². The summed E-state index contributed by atoms with van der Waals surface area (Å²) in [5, 5.41) is 13.1. The van der Waals surface area contributed by atoms with Crippen LogP contribution in [0.5, 0.6) is 11.5 Å². The molecule has 132 valence electrons. The van der Waals surface area contributed by atoms with E-state index in [-0.39, 0.29) is 17.8 Å². The topological polar surface area (TPSA) is 61.8 Å². The second-order valence-electron chi connectivity index (χ2n) is 5.92. The van der Waals surface area contributed by atoms with E-state index < -0.39 is 0 Å². The number of methoxy groups -OCH3 is 1. The summed E-state index contributed by atoms with van der Waals surface area (Å²) in [6.07, 6.45) is 1.97. The summed E-state index contributed by atoms with van der Waals surface area (Å²) in [6, 6.07) is 10.4. The largest absolute Gasteiger partial charge is 0.504 e. The number of carbonyl (C=O) groups is 1. The van der Waals surface area contributed by atoms with Gasteiger partial charge >= 0.3 is 6.03 Å². The number of phenolic OH excluding ortho intramolecular Hbond substituents is 1.